The summed E-state index contributed by atoms with van der Waals surface area (Å²) in [7, 11) is 0. The van der Waals surface area contributed by atoms with Crippen LogP contribution in [-0.2, 0) is 0 Å². The zero-order chi connectivity index (χ0) is 31.0. The van der Waals surface area contributed by atoms with E-state index in [1.807, 2.05) is 48.5 Å². The lowest BCUT2D eigenvalue weighted by Gasteiger charge is -2.13. The quantitative estimate of drug-likeness (QED) is 0.0882. The van der Waals surface area contributed by atoms with Crippen molar-refractivity contribution in [1.82, 2.24) is 20.4 Å². The third kappa shape index (κ3) is 10.00. The first-order chi connectivity index (χ1) is 21.6. The van der Waals surface area contributed by atoms with E-state index in [1.54, 1.807) is 0 Å². The third-order valence-corrected chi connectivity index (χ3v) is 7.14. The molecule has 0 atom stereocenters. The Morgan fingerprint density at radius 3 is 1.39 bits per heavy atom. The lowest BCUT2D eigenvalue weighted by molar-refractivity contribution is 0.306. The molecule has 0 saturated carbocycles. The van der Waals surface area contributed by atoms with Gasteiger partial charge >= 0.3 is 0 Å². The summed E-state index contributed by atoms with van der Waals surface area (Å²) in [5.41, 5.74) is 3.95. The van der Waals surface area contributed by atoms with Crippen LogP contribution in [0.4, 0.5) is 11.4 Å². The van der Waals surface area contributed by atoms with Crippen molar-refractivity contribution in [1.29, 1.82) is 0 Å². The van der Waals surface area contributed by atoms with Gasteiger partial charge in [-0.05, 0) is 74.2 Å². The summed E-state index contributed by atoms with van der Waals surface area (Å²) in [6.07, 6.45) is 8.35. The number of nitrogens with zero attached hydrogens (tertiary/aromatic N) is 2. The van der Waals surface area contributed by atoms with Gasteiger partial charge in [0.15, 0.2) is 0 Å². The van der Waals surface area contributed by atoms with E-state index in [9.17, 15) is 9.59 Å². The Morgan fingerprint density at radius 1 is 0.591 bits per heavy atom. The van der Waals surface area contributed by atoms with Gasteiger partial charge in [-0.3, -0.25) is 9.59 Å². The summed E-state index contributed by atoms with van der Waals surface area (Å²) in [5.74, 6) is 1.64. The molecule has 0 amide bonds. The first-order valence-electron chi connectivity index (χ1n) is 15.7. The molecule has 10 nitrogen and oxygen atoms in total. The summed E-state index contributed by atoms with van der Waals surface area (Å²) >= 11 is 0. The average molecular weight is 601 g/mol. The predicted octanol–water partition coefficient (Wildman–Crippen LogP) is 6.63. The van der Waals surface area contributed by atoms with Crippen molar-refractivity contribution in [2.45, 2.75) is 65.2 Å². The smallest absolute Gasteiger partial charge is 0.266 e. The zero-order valence-corrected chi connectivity index (χ0v) is 25.8. The molecule has 4 N–H and O–H groups in total. The van der Waals surface area contributed by atoms with Crippen LogP contribution in [0.1, 0.15) is 65.2 Å². The number of aromatic nitrogens is 4. The van der Waals surface area contributed by atoms with Crippen LogP contribution in [0, 0.1) is 0 Å². The molecule has 234 valence electrons. The molecular formula is C34H44N6O4. The molecule has 0 radical (unpaired) electrons. The van der Waals surface area contributed by atoms with Gasteiger partial charge in [0.05, 0.1) is 24.6 Å². The number of benzene rings is 2. The Morgan fingerprint density at radius 2 is 1.00 bits per heavy atom. The maximum absolute atomic E-state index is 12.0. The van der Waals surface area contributed by atoms with Gasteiger partial charge in [0.25, 0.3) is 11.1 Å². The maximum Gasteiger partial charge on any atom is 0.266 e. The number of H-pyrrole nitrogens is 2. The van der Waals surface area contributed by atoms with Crippen LogP contribution < -0.4 is 31.2 Å². The molecule has 0 saturated heterocycles. The molecule has 0 aliphatic rings. The van der Waals surface area contributed by atoms with E-state index in [1.165, 1.54) is 12.1 Å². The summed E-state index contributed by atoms with van der Waals surface area (Å²) < 4.78 is 11.6. The van der Waals surface area contributed by atoms with Crippen LogP contribution in [0.2, 0.25) is 0 Å². The van der Waals surface area contributed by atoms with Gasteiger partial charge < -0.3 is 20.1 Å². The second-order valence-corrected chi connectivity index (χ2v) is 10.7. The fourth-order valence-corrected chi connectivity index (χ4v) is 4.71. The number of hydrogen-bond acceptors (Lipinski definition) is 8. The fraction of sp³-hybridized carbons (Fsp3) is 0.412. The molecule has 10 heteroatoms. The minimum atomic E-state index is -0.265. The topological polar surface area (TPSA) is 134 Å². The van der Waals surface area contributed by atoms with Crippen molar-refractivity contribution in [3.63, 3.8) is 0 Å². The summed E-state index contributed by atoms with van der Waals surface area (Å²) in [6, 6.07) is 18.6. The van der Waals surface area contributed by atoms with Crippen LogP contribution in [0.25, 0.3) is 22.5 Å². The lowest BCUT2D eigenvalue weighted by Crippen LogP contribution is -2.14. The van der Waals surface area contributed by atoms with E-state index < -0.39 is 0 Å². The molecule has 2 heterocycles. The van der Waals surface area contributed by atoms with Crippen molar-refractivity contribution < 1.29 is 9.47 Å². The van der Waals surface area contributed by atoms with Crippen LogP contribution >= 0.6 is 0 Å². The number of nitrogens with one attached hydrogen (secondary N) is 4. The standard InChI is InChI=1S/C34H44N6O4/c1-3-5-9-21-43-27-15-11-25(12-16-27)33-29(23-31(41)37-39-33)35-19-7-8-20-36-30-24-32(42)38-40-34(30)26-13-17-28(18-14-26)44-22-10-6-4-2/h11-18,23-24H,3-10,19-22H2,1-2H3,(H2,35,37,41)(H2,36,38,42). The number of unbranched alkanes of at least 4 members (excludes halogenated alkanes) is 5. The first-order valence-corrected chi connectivity index (χ1v) is 15.7. The number of rotatable bonds is 19. The normalized spacial score (nSPS) is 10.9. The molecule has 4 rings (SSSR count). The lowest BCUT2D eigenvalue weighted by atomic mass is 10.1. The highest BCUT2D eigenvalue weighted by Gasteiger charge is 2.10. The van der Waals surface area contributed by atoms with Gasteiger partial charge in [-0.15, -0.1) is 0 Å². The molecule has 2 aromatic heterocycles. The van der Waals surface area contributed by atoms with Gasteiger partial charge in [0.2, 0.25) is 0 Å². The van der Waals surface area contributed by atoms with Crippen LogP contribution in [0.5, 0.6) is 11.5 Å². The molecule has 0 bridgehead atoms. The van der Waals surface area contributed by atoms with Crippen molar-refractivity contribution in [2.24, 2.45) is 0 Å². The Bertz CT molecular complexity index is 1420. The third-order valence-electron chi connectivity index (χ3n) is 7.14. The van der Waals surface area contributed by atoms with Gasteiger partial charge in [-0.1, -0.05) is 39.5 Å². The van der Waals surface area contributed by atoms with Crippen molar-refractivity contribution in [2.75, 3.05) is 36.9 Å². The maximum atomic E-state index is 12.0. The predicted molar refractivity (Wildman–Crippen MR) is 177 cm³/mol. The largest absolute Gasteiger partial charge is 0.494 e. The number of anilines is 2. The highest BCUT2D eigenvalue weighted by molar-refractivity contribution is 5.74. The van der Waals surface area contributed by atoms with E-state index in [2.05, 4.69) is 44.9 Å². The Kier molecular flexibility index (Phi) is 12.9. The Labute approximate surface area is 258 Å². The summed E-state index contributed by atoms with van der Waals surface area (Å²) in [6.45, 7) is 7.04. The minimum absolute atomic E-state index is 0.265. The molecule has 0 unspecified atom stereocenters. The molecular weight excluding hydrogens is 556 g/mol. The van der Waals surface area contributed by atoms with Crippen molar-refractivity contribution in [3.05, 3.63) is 81.4 Å². The van der Waals surface area contributed by atoms with E-state index in [0.29, 0.717) is 49.1 Å². The monoisotopic (exact) mass is 600 g/mol. The van der Waals surface area contributed by atoms with Crippen molar-refractivity contribution in [3.8, 4) is 34.0 Å². The van der Waals surface area contributed by atoms with Gasteiger partial charge in [-0.25, -0.2) is 10.2 Å². The summed E-state index contributed by atoms with van der Waals surface area (Å²) in [4.78, 5) is 24.1. The molecule has 0 aliphatic heterocycles. The second kappa shape index (κ2) is 17.5. The second-order valence-electron chi connectivity index (χ2n) is 10.7. The molecule has 0 aliphatic carbocycles. The molecule has 44 heavy (non-hydrogen) atoms. The van der Waals surface area contributed by atoms with Gasteiger partial charge in [0.1, 0.15) is 22.9 Å². The minimum Gasteiger partial charge on any atom is -0.494 e. The number of aromatic amines is 2. The number of hydrogen-bond donors (Lipinski definition) is 4. The summed E-state index contributed by atoms with van der Waals surface area (Å²) in [5, 5.41) is 20.4. The van der Waals surface area contributed by atoms with Crippen molar-refractivity contribution >= 4 is 11.4 Å². The molecule has 0 spiro atoms. The van der Waals surface area contributed by atoms with Crippen LogP contribution in [0.15, 0.2) is 70.3 Å². The Balaban J connectivity index is 1.28. The SMILES string of the molecule is CCCCCOc1ccc(-c2n[nH]c(=O)cc2NCCCCNc2cc(=O)[nH]nc2-c2ccc(OCCCCC)cc2)cc1. The number of ether oxygens (including phenoxy) is 2. The molecule has 2 aromatic carbocycles. The van der Waals surface area contributed by atoms with Gasteiger partial charge in [-0.2, -0.15) is 10.2 Å². The fourth-order valence-electron chi connectivity index (χ4n) is 4.71. The first kappa shape index (κ1) is 32.3. The van der Waals surface area contributed by atoms with Crippen LogP contribution in [-0.4, -0.2) is 46.7 Å². The van der Waals surface area contributed by atoms with E-state index in [4.69, 9.17) is 9.47 Å². The average Bonchev–Trinajstić information content (AvgIpc) is 3.04. The highest BCUT2D eigenvalue weighted by Crippen LogP contribution is 2.27. The van der Waals surface area contributed by atoms with E-state index in [0.717, 1.165) is 74.0 Å². The highest BCUT2D eigenvalue weighted by atomic mass is 16.5. The van der Waals surface area contributed by atoms with Gasteiger partial charge in [0, 0.05) is 36.3 Å². The zero-order valence-electron chi connectivity index (χ0n) is 25.8. The Hall–Kier alpha value is -4.60. The van der Waals surface area contributed by atoms with E-state index >= 15 is 0 Å². The molecule has 0 fully saturated rings. The van der Waals surface area contributed by atoms with Crippen LogP contribution in [0.3, 0.4) is 0 Å². The van der Waals surface area contributed by atoms with E-state index in [-0.39, 0.29) is 11.1 Å². The molecule has 4 aromatic rings.